The van der Waals surface area contributed by atoms with Gasteiger partial charge in [-0.3, -0.25) is 0 Å². The molecule has 1 aliphatic heterocycles. The van der Waals surface area contributed by atoms with Crippen LogP contribution in [-0.4, -0.2) is 11.7 Å². The van der Waals surface area contributed by atoms with Gasteiger partial charge in [0, 0.05) is 5.41 Å². The van der Waals surface area contributed by atoms with Gasteiger partial charge in [0.2, 0.25) is 0 Å². The fraction of sp³-hybridized carbons (Fsp3) is 0.913. The van der Waals surface area contributed by atoms with Crippen LogP contribution in [0.5, 0.6) is 0 Å². The molecular formula is C23H36O. The Bertz CT molecular complexity index is 569. The molecule has 0 aromatic carbocycles. The van der Waals surface area contributed by atoms with Gasteiger partial charge < -0.3 is 4.74 Å². The molecule has 5 unspecified atom stereocenters. The largest absolute Gasteiger partial charge is 0.366 e. The Morgan fingerprint density at radius 2 is 1.75 bits per heavy atom. The predicted octanol–water partition coefficient (Wildman–Crippen LogP) is 6.28. The third-order valence-electron chi connectivity index (χ3n) is 9.28. The van der Waals surface area contributed by atoms with E-state index in [1.165, 1.54) is 70.6 Å². The van der Waals surface area contributed by atoms with E-state index in [0.29, 0.717) is 22.3 Å². The maximum atomic E-state index is 6.50. The summed E-state index contributed by atoms with van der Waals surface area (Å²) in [5, 5.41) is 0. The summed E-state index contributed by atoms with van der Waals surface area (Å²) in [6, 6.07) is 0. The maximum Gasteiger partial charge on any atom is 0.0930 e. The van der Waals surface area contributed by atoms with Gasteiger partial charge in [-0.2, -0.15) is 0 Å². The molecule has 1 heterocycles. The number of ether oxygens (including phenoxy) is 1. The van der Waals surface area contributed by atoms with E-state index in [-0.39, 0.29) is 5.60 Å². The molecule has 0 radical (unpaired) electrons. The number of fused-ring (bicyclic) bond motifs is 3. The van der Waals surface area contributed by atoms with E-state index in [0.717, 1.165) is 11.8 Å². The Morgan fingerprint density at radius 3 is 2.46 bits per heavy atom. The molecule has 0 aromatic heterocycles. The fourth-order valence-corrected chi connectivity index (χ4v) is 7.95. The van der Waals surface area contributed by atoms with Crippen LogP contribution in [0.25, 0.3) is 0 Å². The van der Waals surface area contributed by atoms with E-state index in [9.17, 15) is 0 Å². The van der Waals surface area contributed by atoms with Crippen molar-refractivity contribution in [1.82, 2.24) is 0 Å². The third kappa shape index (κ3) is 2.09. The van der Waals surface area contributed by atoms with Crippen LogP contribution in [0, 0.1) is 28.1 Å². The minimum absolute atomic E-state index is 0.185. The first-order valence-electron chi connectivity index (χ1n) is 10.6. The van der Waals surface area contributed by atoms with Crippen molar-refractivity contribution in [3.05, 3.63) is 12.2 Å². The average molecular weight is 329 g/mol. The van der Waals surface area contributed by atoms with Gasteiger partial charge in [0.25, 0.3) is 0 Å². The summed E-state index contributed by atoms with van der Waals surface area (Å²) in [6.07, 6.45) is 16.1. The Kier molecular flexibility index (Phi) is 3.12. The molecule has 0 N–H and O–H groups in total. The summed E-state index contributed by atoms with van der Waals surface area (Å²) in [7, 11) is 0. The standard InChI is InChI=1S/C23H36O/c1-16-13-23(12-11-22(15-23)8-5-6-9-22)19-21(4,24-19)10-7-18-17(16)14-20(18,2)3/h17-19H,1,5-15H2,2-4H3. The van der Waals surface area contributed by atoms with E-state index in [4.69, 9.17) is 4.74 Å². The molecular weight excluding hydrogens is 292 g/mol. The van der Waals surface area contributed by atoms with Crippen molar-refractivity contribution < 1.29 is 4.74 Å². The minimum atomic E-state index is 0.185. The smallest absolute Gasteiger partial charge is 0.0930 e. The fourth-order valence-electron chi connectivity index (χ4n) is 7.95. The quantitative estimate of drug-likeness (QED) is 0.377. The van der Waals surface area contributed by atoms with Crippen LogP contribution >= 0.6 is 0 Å². The summed E-state index contributed by atoms with van der Waals surface area (Å²) >= 11 is 0. The van der Waals surface area contributed by atoms with Gasteiger partial charge in [0.05, 0.1) is 11.7 Å². The first-order valence-corrected chi connectivity index (χ1v) is 10.6. The molecule has 5 aliphatic rings. The number of hydrogen-bond acceptors (Lipinski definition) is 1. The zero-order valence-electron chi connectivity index (χ0n) is 16.1. The second-order valence-electron chi connectivity index (χ2n) is 11.3. The summed E-state index contributed by atoms with van der Waals surface area (Å²) in [5.41, 5.74) is 3.41. The molecule has 24 heavy (non-hydrogen) atoms. The molecule has 1 heteroatoms. The molecule has 0 amide bonds. The number of hydrogen-bond donors (Lipinski definition) is 0. The highest BCUT2D eigenvalue weighted by molar-refractivity contribution is 5.23. The molecule has 4 saturated carbocycles. The summed E-state index contributed by atoms with van der Waals surface area (Å²) in [4.78, 5) is 0. The molecule has 5 atom stereocenters. The van der Waals surface area contributed by atoms with Crippen molar-refractivity contribution in [3.63, 3.8) is 0 Å². The van der Waals surface area contributed by atoms with Crippen molar-refractivity contribution in [2.24, 2.45) is 28.1 Å². The van der Waals surface area contributed by atoms with Crippen LogP contribution in [0.2, 0.25) is 0 Å². The zero-order valence-corrected chi connectivity index (χ0v) is 16.1. The molecule has 0 bridgehead atoms. The van der Waals surface area contributed by atoms with Gasteiger partial charge in [-0.25, -0.2) is 0 Å². The van der Waals surface area contributed by atoms with Crippen LogP contribution in [0.1, 0.15) is 91.4 Å². The van der Waals surface area contributed by atoms with Gasteiger partial charge in [-0.1, -0.05) is 38.8 Å². The van der Waals surface area contributed by atoms with E-state index < -0.39 is 0 Å². The van der Waals surface area contributed by atoms with Crippen molar-refractivity contribution in [2.75, 3.05) is 0 Å². The molecule has 134 valence electrons. The predicted molar refractivity (Wildman–Crippen MR) is 98.8 cm³/mol. The molecule has 1 saturated heterocycles. The second kappa shape index (κ2) is 4.70. The number of epoxide rings is 1. The van der Waals surface area contributed by atoms with Gasteiger partial charge >= 0.3 is 0 Å². The van der Waals surface area contributed by atoms with E-state index >= 15 is 0 Å². The molecule has 1 nitrogen and oxygen atoms in total. The average Bonchev–Trinajstić information content (AvgIpc) is 2.86. The SMILES string of the molecule is C=C1CC2(CCC3(CCCC3)C2)C2OC2(C)CCC2C1CC2(C)C. The third-order valence-corrected chi connectivity index (χ3v) is 9.28. The van der Waals surface area contributed by atoms with Crippen LogP contribution < -0.4 is 0 Å². The molecule has 5 fully saturated rings. The highest BCUT2D eigenvalue weighted by atomic mass is 16.6. The highest BCUT2D eigenvalue weighted by Crippen LogP contribution is 2.69. The van der Waals surface area contributed by atoms with Gasteiger partial charge in [0.15, 0.2) is 0 Å². The Morgan fingerprint density at radius 1 is 1.00 bits per heavy atom. The van der Waals surface area contributed by atoms with Crippen LogP contribution in [0.15, 0.2) is 12.2 Å². The lowest BCUT2D eigenvalue weighted by atomic mass is 9.51. The summed E-state index contributed by atoms with van der Waals surface area (Å²) < 4.78 is 6.50. The number of rotatable bonds is 0. The first-order chi connectivity index (χ1) is 11.3. The molecule has 5 rings (SSSR count). The minimum Gasteiger partial charge on any atom is -0.366 e. The Labute approximate surface area is 148 Å². The maximum absolute atomic E-state index is 6.50. The lowest BCUT2D eigenvalue weighted by molar-refractivity contribution is -0.00547. The van der Waals surface area contributed by atoms with Crippen molar-refractivity contribution >= 4 is 0 Å². The zero-order chi connectivity index (χ0) is 16.8. The van der Waals surface area contributed by atoms with Crippen molar-refractivity contribution in [3.8, 4) is 0 Å². The molecule has 4 aliphatic carbocycles. The summed E-state index contributed by atoms with van der Waals surface area (Å²) in [5.74, 6) is 1.65. The monoisotopic (exact) mass is 328 g/mol. The Hall–Kier alpha value is -0.300. The topological polar surface area (TPSA) is 12.5 Å². The van der Waals surface area contributed by atoms with Crippen LogP contribution in [0.3, 0.4) is 0 Å². The lowest BCUT2D eigenvalue weighted by Gasteiger charge is -2.53. The highest BCUT2D eigenvalue weighted by Gasteiger charge is 2.67. The summed E-state index contributed by atoms with van der Waals surface area (Å²) in [6.45, 7) is 12.0. The Balaban J connectivity index is 1.45. The van der Waals surface area contributed by atoms with Crippen molar-refractivity contribution in [1.29, 1.82) is 0 Å². The van der Waals surface area contributed by atoms with Gasteiger partial charge in [0.1, 0.15) is 0 Å². The molecule has 0 aromatic rings. The van der Waals surface area contributed by atoms with Gasteiger partial charge in [-0.05, 0) is 87.4 Å². The van der Waals surface area contributed by atoms with Crippen LogP contribution in [0.4, 0.5) is 0 Å². The molecule has 2 spiro atoms. The first kappa shape index (κ1) is 15.9. The van der Waals surface area contributed by atoms with E-state index in [2.05, 4.69) is 27.4 Å². The second-order valence-corrected chi connectivity index (χ2v) is 11.3. The van der Waals surface area contributed by atoms with E-state index in [1.54, 1.807) is 5.57 Å². The normalized spacial score (nSPS) is 51.5. The van der Waals surface area contributed by atoms with Crippen LogP contribution in [-0.2, 0) is 4.74 Å². The van der Waals surface area contributed by atoms with Gasteiger partial charge in [-0.15, -0.1) is 0 Å². The number of allylic oxidation sites excluding steroid dienone is 1. The van der Waals surface area contributed by atoms with E-state index in [1.807, 2.05) is 0 Å². The van der Waals surface area contributed by atoms with Crippen molar-refractivity contribution in [2.45, 2.75) is 103 Å². The lowest BCUT2D eigenvalue weighted by Crippen LogP contribution is -2.45.